The van der Waals surface area contributed by atoms with Crippen LogP contribution >= 0.6 is 0 Å². The molecule has 0 aliphatic carbocycles. The summed E-state index contributed by atoms with van der Waals surface area (Å²) in [5.41, 5.74) is 14.1. The van der Waals surface area contributed by atoms with Crippen molar-refractivity contribution in [3.63, 3.8) is 0 Å². The quantitative estimate of drug-likeness (QED) is 0.114. The Bertz CT molecular complexity index is 3430. The molecule has 0 aliphatic rings. The average molecular weight is 1040 g/mol. The van der Waals surface area contributed by atoms with E-state index in [4.69, 9.17) is 0 Å². The summed E-state index contributed by atoms with van der Waals surface area (Å²) in [5.74, 6) is 0. The predicted octanol–water partition coefficient (Wildman–Crippen LogP) is 12.9. The Morgan fingerprint density at radius 1 is 0.377 bits per heavy atom. The normalized spacial score (nSPS) is 12.7. The van der Waals surface area contributed by atoms with Crippen LogP contribution in [0.4, 0.5) is 0 Å². The van der Waals surface area contributed by atoms with E-state index >= 15 is 0 Å². The van der Waals surface area contributed by atoms with Gasteiger partial charge in [-0.25, -0.2) is 0 Å². The van der Waals surface area contributed by atoms with Gasteiger partial charge in [0.15, 0.2) is 0 Å². The summed E-state index contributed by atoms with van der Waals surface area (Å²) >= 11 is -4.68. The summed E-state index contributed by atoms with van der Waals surface area (Å²) in [6.07, 6.45) is 0. The summed E-state index contributed by atoms with van der Waals surface area (Å²) in [5, 5.41) is 8.25. The van der Waals surface area contributed by atoms with Crippen molar-refractivity contribution >= 4 is 109 Å². The maximum atomic E-state index is 14.1. The molecular formula is C60H64N2O2SeSi4. The number of hydrogen-bond donors (Lipinski definition) is 0. The van der Waals surface area contributed by atoms with E-state index in [0.717, 1.165) is 33.6 Å². The molecule has 9 heteroatoms. The molecule has 0 saturated heterocycles. The zero-order valence-electron chi connectivity index (χ0n) is 41.9. The second-order valence-corrected chi connectivity index (χ2v) is 42.8. The molecule has 10 aromatic rings. The van der Waals surface area contributed by atoms with Crippen molar-refractivity contribution in [1.29, 1.82) is 0 Å². The monoisotopic (exact) mass is 1040 g/mol. The van der Waals surface area contributed by atoms with Crippen molar-refractivity contribution in [3.05, 3.63) is 181 Å². The van der Waals surface area contributed by atoms with Gasteiger partial charge in [0.05, 0.1) is 16.1 Å². The maximum absolute atomic E-state index is 14.1. The summed E-state index contributed by atoms with van der Waals surface area (Å²) in [4.78, 5) is 0. The van der Waals surface area contributed by atoms with Gasteiger partial charge in [-0.1, -0.05) is 87.0 Å². The molecule has 0 bridgehead atoms. The molecule has 8 aromatic carbocycles. The molecule has 348 valence electrons. The van der Waals surface area contributed by atoms with E-state index in [-0.39, 0.29) is 0 Å². The molecule has 2 heterocycles. The molecule has 0 saturated carbocycles. The number of hydrogen-bond acceptors (Lipinski definition) is 2. The van der Waals surface area contributed by atoms with E-state index in [1.54, 1.807) is 24.3 Å². The van der Waals surface area contributed by atoms with E-state index in [9.17, 15) is 7.67 Å². The molecule has 2 aromatic heterocycles. The van der Waals surface area contributed by atoms with E-state index in [1.807, 2.05) is 24.3 Å². The van der Waals surface area contributed by atoms with Crippen LogP contribution in [0.25, 0.3) is 77.2 Å². The molecule has 0 radical (unpaired) electrons. The zero-order chi connectivity index (χ0) is 48.6. The molecule has 0 unspecified atom stereocenters. The number of nitrogens with zero attached hydrogens (tertiary/aromatic N) is 2. The third kappa shape index (κ3) is 9.06. The zero-order valence-corrected chi connectivity index (χ0v) is 47.9. The summed E-state index contributed by atoms with van der Waals surface area (Å²) in [6.45, 7) is 24.2. The molecule has 0 N–H and O–H groups in total. The van der Waals surface area contributed by atoms with Crippen molar-refractivity contribution < 1.29 is 7.67 Å². The summed E-state index contributed by atoms with van der Waals surface area (Å²) in [7, 11) is -4.55. The molecule has 69 heavy (non-hydrogen) atoms. The summed E-state index contributed by atoms with van der Waals surface area (Å²) in [6, 6.07) is 63.0. The minimum atomic E-state index is -4.68. The van der Waals surface area contributed by atoms with Gasteiger partial charge in [-0.2, -0.15) is 0 Å². The average Bonchev–Trinajstić information content (AvgIpc) is 3.82. The Labute approximate surface area is 415 Å². The van der Waals surface area contributed by atoms with E-state index in [1.165, 1.54) is 77.2 Å². The van der Waals surface area contributed by atoms with Crippen LogP contribution in [0.15, 0.2) is 170 Å². The minimum absolute atomic E-state index is 0.354. The molecule has 0 atom stereocenters. The van der Waals surface area contributed by atoms with Crippen LogP contribution in [-0.2, 0) is 19.8 Å². The van der Waals surface area contributed by atoms with Crippen LogP contribution in [0.1, 0.15) is 11.1 Å². The summed E-state index contributed by atoms with van der Waals surface area (Å²) < 4.78 is 33.7. The molecule has 10 rings (SSSR count). The fourth-order valence-corrected chi connectivity index (χ4v) is 17.6. The number of rotatable bonds is 12. The first-order chi connectivity index (χ1) is 32.8. The van der Waals surface area contributed by atoms with E-state index in [2.05, 4.69) is 196 Å². The molecule has 0 amide bonds. The molecular weight excluding hydrogens is 972 g/mol. The first kappa shape index (κ1) is 47.0. The van der Waals surface area contributed by atoms with Crippen LogP contribution < -0.4 is 19.3 Å². The van der Waals surface area contributed by atoms with E-state index in [0.29, 0.717) is 8.92 Å². The predicted molar refractivity (Wildman–Crippen MR) is 310 cm³/mol. The van der Waals surface area contributed by atoms with Crippen LogP contribution in [0.2, 0.25) is 65.5 Å². The van der Waals surface area contributed by atoms with Gasteiger partial charge < -0.3 is 0 Å². The Hall–Kier alpha value is -5.65. The van der Waals surface area contributed by atoms with Gasteiger partial charge in [-0.3, -0.25) is 0 Å². The Morgan fingerprint density at radius 3 is 0.971 bits per heavy atom. The van der Waals surface area contributed by atoms with Crippen LogP contribution in [0.3, 0.4) is 0 Å². The van der Waals surface area contributed by atoms with Crippen LogP contribution in [0, 0.1) is 0 Å². The third-order valence-electron chi connectivity index (χ3n) is 13.9. The molecule has 4 nitrogen and oxygen atoms in total. The van der Waals surface area contributed by atoms with Crippen molar-refractivity contribution in [2.24, 2.45) is 0 Å². The second kappa shape index (κ2) is 17.9. The first-order valence-corrected chi connectivity index (χ1v) is 41.0. The molecule has 0 aliphatic heterocycles. The second-order valence-electron chi connectivity index (χ2n) is 22.2. The molecule has 0 fully saturated rings. The van der Waals surface area contributed by atoms with Crippen LogP contribution in [-0.4, -0.2) is 55.6 Å². The van der Waals surface area contributed by atoms with Crippen molar-refractivity contribution in [2.45, 2.75) is 77.6 Å². The topological polar surface area (TPSA) is 44.0 Å². The van der Waals surface area contributed by atoms with E-state index < -0.39 is 46.5 Å². The van der Waals surface area contributed by atoms with Gasteiger partial charge in [0.25, 0.3) is 0 Å². The third-order valence-corrected chi connectivity index (χ3v) is 24.3. The van der Waals surface area contributed by atoms with Crippen LogP contribution in [0.5, 0.6) is 0 Å². The van der Waals surface area contributed by atoms with Gasteiger partial charge >= 0.3 is 286 Å². The van der Waals surface area contributed by atoms with Crippen molar-refractivity contribution in [1.82, 2.24) is 9.13 Å². The fraction of sp³-hybridized carbons (Fsp3) is 0.200. The Balaban J connectivity index is 0.890. The number of aromatic nitrogens is 2. The first-order valence-electron chi connectivity index (χ1n) is 24.7. The van der Waals surface area contributed by atoms with Gasteiger partial charge in [-0.15, -0.1) is 0 Å². The number of benzene rings is 8. The van der Waals surface area contributed by atoms with Gasteiger partial charge in [-0.05, 0) is 12.1 Å². The fourth-order valence-electron chi connectivity index (χ4n) is 10.2. The van der Waals surface area contributed by atoms with Gasteiger partial charge in [0.2, 0.25) is 0 Å². The Kier molecular flexibility index (Phi) is 12.2. The van der Waals surface area contributed by atoms with Gasteiger partial charge in [0, 0.05) is 17.6 Å². The van der Waals surface area contributed by atoms with Crippen molar-refractivity contribution in [3.8, 4) is 33.6 Å². The molecule has 0 spiro atoms. The van der Waals surface area contributed by atoms with Crippen molar-refractivity contribution in [2.75, 3.05) is 0 Å². The SMILES string of the molecule is C[SiH](C)Cc1ccc2c(c1)c1cc([Si](C)(C)C)ccc1n2-c1ccc(-c2ccc([Se](=O)(=O)c3ccc(-c4ccc(-n5c6ccc(C[SiH](C)C)cc6c6cc([Si](C)(C)C)ccc65)cc4)cc3)cc2)cc1. The Morgan fingerprint density at radius 2 is 0.667 bits per heavy atom. The standard InChI is InChI=1S/C60H64N2O2SeSi4/c1-66(2)39-41-11-31-57-53(35-41)55-37-51(68(5,6)7)29-33-59(55)61(57)47-21-13-43(14-22-47)45-17-25-49(26-18-45)65(63,64)50-27-19-46(20-28-50)44-15-23-48(24-16-44)62-58-32-12-42(40-67(3)4)36-54(58)56-38-52(69(8,9)10)30-34-60(56)62/h11-38,66-67H,39-40H2,1-10H3. The van der Waals surface area contributed by atoms with Gasteiger partial charge in [0.1, 0.15) is 0 Å². The number of fused-ring (bicyclic) bond motifs is 6.